The second-order valence-electron chi connectivity index (χ2n) is 5.34. The zero-order valence-electron chi connectivity index (χ0n) is 11.1. The van der Waals surface area contributed by atoms with Gasteiger partial charge in [0.2, 0.25) is 0 Å². The normalized spacial score (nSPS) is 17.1. The first kappa shape index (κ1) is 11.4. The van der Waals surface area contributed by atoms with Gasteiger partial charge < -0.3 is 15.0 Å². The highest BCUT2D eigenvalue weighted by atomic mass is 16.5. The quantitative estimate of drug-likeness (QED) is 0.722. The fourth-order valence-corrected chi connectivity index (χ4v) is 2.95. The number of fused-ring (bicyclic) bond motifs is 2. The Labute approximate surface area is 117 Å². The minimum absolute atomic E-state index is 0.209. The molecule has 0 spiro atoms. The van der Waals surface area contributed by atoms with Crippen molar-refractivity contribution in [2.24, 2.45) is 0 Å². The molecule has 4 rings (SSSR count). The van der Waals surface area contributed by atoms with Gasteiger partial charge in [0.15, 0.2) is 0 Å². The number of para-hydroxylation sites is 1. The lowest BCUT2D eigenvalue weighted by molar-refractivity contribution is 0.211. The predicted octanol–water partition coefficient (Wildman–Crippen LogP) is 3.23. The maximum atomic E-state index is 6.01. The highest BCUT2D eigenvalue weighted by molar-refractivity contribution is 5.83. The van der Waals surface area contributed by atoms with E-state index in [1.54, 1.807) is 0 Å². The first-order chi connectivity index (χ1) is 9.79. The van der Waals surface area contributed by atoms with E-state index in [1.807, 2.05) is 24.3 Å². The fraction of sp³-hybridized carbons (Fsp3) is 0.176. The molecule has 100 valence electrons. The number of ether oxygens (including phenoxy) is 1. The summed E-state index contributed by atoms with van der Waals surface area (Å²) in [6.07, 6.45) is 3.29. The van der Waals surface area contributed by atoms with Gasteiger partial charge in [0, 0.05) is 29.2 Å². The van der Waals surface area contributed by atoms with E-state index in [-0.39, 0.29) is 6.10 Å². The number of nitrogen functional groups attached to an aromatic ring is 1. The highest BCUT2D eigenvalue weighted by Gasteiger charge is 2.22. The molecular weight excluding hydrogens is 248 g/mol. The number of benzene rings is 2. The van der Waals surface area contributed by atoms with Crippen LogP contribution >= 0.6 is 0 Å². The Bertz CT molecular complexity index is 751. The van der Waals surface area contributed by atoms with Crippen LogP contribution in [0.4, 0.5) is 5.69 Å². The largest absolute Gasteiger partial charge is 0.488 e. The van der Waals surface area contributed by atoms with E-state index < -0.39 is 0 Å². The van der Waals surface area contributed by atoms with E-state index in [4.69, 9.17) is 10.5 Å². The Morgan fingerprint density at radius 3 is 2.95 bits per heavy atom. The summed E-state index contributed by atoms with van der Waals surface area (Å²) >= 11 is 0. The molecule has 1 unspecified atom stereocenters. The monoisotopic (exact) mass is 264 g/mol. The number of nitrogens with two attached hydrogens (primary N) is 1. The van der Waals surface area contributed by atoms with Crippen LogP contribution in [-0.4, -0.2) is 10.7 Å². The summed E-state index contributed by atoms with van der Waals surface area (Å²) in [4.78, 5) is 0. The van der Waals surface area contributed by atoms with Crippen molar-refractivity contribution >= 4 is 16.6 Å². The van der Waals surface area contributed by atoms with E-state index >= 15 is 0 Å². The first-order valence-corrected chi connectivity index (χ1v) is 6.88. The van der Waals surface area contributed by atoms with Gasteiger partial charge in [-0.1, -0.05) is 18.2 Å². The van der Waals surface area contributed by atoms with Gasteiger partial charge >= 0.3 is 0 Å². The first-order valence-electron chi connectivity index (χ1n) is 6.88. The summed E-state index contributed by atoms with van der Waals surface area (Å²) < 4.78 is 8.25. The Balaban J connectivity index is 1.60. The third-order valence-corrected chi connectivity index (χ3v) is 3.91. The topological polar surface area (TPSA) is 40.2 Å². The lowest BCUT2D eigenvalue weighted by Gasteiger charge is -2.13. The van der Waals surface area contributed by atoms with Crippen LogP contribution in [0.15, 0.2) is 54.7 Å². The Morgan fingerprint density at radius 2 is 2.05 bits per heavy atom. The van der Waals surface area contributed by atoms with Crippen LogP contribution in [0.25, 0.3) is 10.9 Å². The van der Waals surface area contributed by atoms with Gasteiger partial charge in [-0.25, -0.2) is 0 Å². The zero-order chi connectivity index (χ0) is 13.5. The summed E-state index contributed by atoms with van der Waals surface area (Å²) in [5.74, 6) is 1.03. The summed E-state index contributed by atoms with van der Waals surface area (Å²) in [5, 5.41) is 1.18. The molecule has 0 fully saturated rings. The van der Waals surface area contributed by atoms with Gasteiger partial charge in [-0.05, 0) is 35.9 Å². The standard InChI is InChI=1S/C17H16N2O/c18-14-5-6-16-12(9-14)7-8-19(16)11-15-10-13-3-1-2-4-17(13)20-15/h1-9,15H,10-11,18H2. The Hall–Kier alpha value is -2.42. The van der Waals surface area contributed by atoms with Gasteiger partial charge in [-0.2, -0.15) is 0 Å². The molecule has 3 aromatic rings. The van der Waals surface area contributed by atoms with E-state index in [2.05, 4.69) is 35.0 Å². The van der Waals surface area contributed by atoms with Crippen molar-refractivity contribution in [1.82, 2.24) is 4.57 Å². The molecule has 3 heteroatoms. The van der Waals surface area contributed by atoms with Crippen LogP contribution in [0.5, 0.6) is 5.75 Å². The fourth-order valence-electron chi connectivity index (χ4n) is 2.95. The minimum Gasteiger partial charge on any atom is -0.488 e. The molecule has 0 aliphatic carbocycles. The Kier molecular flexibility index (Phi) is 2.46. The molecule has 1 atom stereocenters. The van der Waals surface area contributed by atoms with Crippen molar-refractivity contribution in [3.8, 4) is 5.75 Å². The van der Waals surface area contributed by atoms with E-state index in [0.717, 1.165) is 24.4 Å². The number of anilines is 1. The molecule has 3 nitrogen and oxygen atoms in total. The van der Waals surface area contributed by atoms with Crippen LogP contribution in [0, 0.1) is 0 Å². The van der Waals surface area contributed by atoms with Crippen LogP contribution in [0.1, 0.15) is 5.56 Å². The number of rotatable bonds is 2. The van der Waals surface area contributed by atoms with Crippen LogP contribution in [0.2, 0.25) is 0 Å². The van der Waals surface area contributed by atoms with E-state index in [9.17, 15) is 0 Å². The lowest BCUT2D eigenvalue weighted by Crippen LogP contribution is -2.20. The molecule has 20 heavy (non-hydrogen) atoms. The smallest absolute Gasteiger partial charge is 0.123 e. The molecule has 1 aliphatic heterocycles. The summed E-state index contributed by atoms with van der Waals surface area (Å²) in [7, 11) is 0. The average molecular weight is 264 g/mol. The van der Waals surface area contributed by atoms with Gasteiger partial charge in [-0.15, -0.1) is 0 Å². The van der Waals surface area contributed by atoms with Crippen LogP contribution < -0.4 is 10.5 Å². The van der Waals surface area contributed by atoms with Crippen molar-refractivity contribution in [3.05, 3.63) is 60.3 Å². The summed E-state index contributed by atoms with van der Waals surface area (Å²) in [6, 6.07) is 16.4. The Morgan fingerprint density at radius 1 is 1.15 bits per heavy atom. The maximum Gasteiger partial charge on any atom is 0.123 e. The summed E-state index contributed by atoms with van der Waals surface area (Å²) in [5.41, 5.74) is 9.14. The van der Waals surface area contributed by atoms with Crippen molar-refractivity contribution < 1.29 is 4.74 Å². The number of hydrogen-bond acceptors (Lipinski definition) is 2. The molecule has 0 radical (unpaired) electrons. The molecule has 2 N–H and O–H groups in total. The molecule has 0 bridgehead atoms. The number of nitrogens with zero attached hydrogens (tertiary/aromatic N) is 1. The molecule has 1 aromatic heterocycles. The number of hydrogen-bond donors (Lipinski definition) is 1. The minimum atomic E-state index is 0.209. The molecule has 0 saturated heterocycles. The predicted molar refractivity (Wildman–Crippen MR) is 80.9 cm³/mol. The van der Waals surface area contributed by atoms with Crippen LogP contribution in [0.3, 0.4) is 0 Å². The molecule has 2 heterocycles. The maximum absolute atomic E-state index is 6.01. The van der Waals surface area contributed by atoms with E-state index in [1.165, 1.54) is 16.5 Å². The second-order valence-corrected chi connectivity index (χ2v) is 5.34. The molecule has 0 saturated carbocycles. The highest BCUT2D eigenvalue weighted by Crippen LogP contribution is 2.29. The third-order valence-electron chi connectivity index (χ3n) is 3.91. The third kappa shape index (κ3) is 1.83. The van der Waals surface area contributed by atoms with Crippen LogP contribution in [-0.2, 0) is 13.0 Å². The van der Waals surface area contributed by atoms with Gasteiger partial charge in [0.1, 0.15) is 11.9 Å². The second kappa shape index (κ2) is 4.30. The molecule has 0 amide bonds. The SMILES string of the molecule is Nc1ccc2c(ccn2CC2Cc3ccccc3O2)c1. The van der Waals surface area contributed by atoms with Crippen molar-refractivity contribution in [1.29, 1.82) is 0 Å². The van der Waals surface area contributed by atoms with Gasteiger partial charge in [0.25, 0.3) is 0 Å². The summed E-state index contributed by atoms with van der Waals surface area (Å²) in [6.45, 7) is 0.863. The van der Waals surface area contributed by atoms with Crippen molar-refractivity contribution in [3.63, 3.8) is 0 Å². The van der Waals surface area contributed by atoms with Crippen molar-refractivity contribution in [2.45, 2.75) is 19.1 Å². The van der Waals surface area contributed by atoms with Gasteiger partial charge in [-0.3, -0.25) is 0 Å². The van der Waals surface area contributed by atoms with Gasteiger partial charge in [0.05, 0.1) is 6.54 Å². The van der Waals surface area contributed by atoms with Crippen molar-refractivity contribution in [2.75, 3.05) is 5.73 Å². The van der Waals surface area contributed by atoms with E-state index in [0.29, 0.717) is 0 Å². The average Bonchev–Trinajstić information content (AvgIpc) is 3.02. The molecule has 1 aliphatic rings. The lowest BCUT2D eigenvalue weighted by atomic mass is 10.1. The number of aromatic nitrogens is 1. The molecule has 2 aromatic carbocycles. The molecular formula is C17H16N2O. The zero-order valence-corrected chi connectivity index (χ0v) is 11.1.